The van der Waals surface area contributed by atoms with Gasteiger partial charge in [-0.2, -0.15) is 0 Å². The maximum Gasteiger partial charge on any atom is 0.278 e. The number of fused-ring (bicyclic) bond motifs is 1. The standard InChI is InChI=1S/C19H27N3O2/c1-21(17-8-4-6-14-5-2-3-7-16(14)17)18(23)13-22-11-9-15(10-12-22)19(20)24/h2-3,5,7,15,17H,4,6,8-13H2,1H3,(H2,20,24)/p+1/t17-/m0/s1. The average molecular weight is 330 g/mol. The predicted octanol–water partition coefficient (Wildman–Crippen LogP) is 0.303. The number of aryl methyl sites for hydroxylation is 1. The molecule has 3 rings (SSSR count). The number of piperidine rings is 1. The van der Waals surface area contributed by atoms with Gasteiger partial charge in [-0.15, -0.1) is 0 Å². The number of primary amides is 1. The van der Waals surface area contributed by atoms with E-state index < -0.39 is 0 Å². The molecule has 1 aromatic rings. The smallest absolute Gasteiger partial charge is 0.278 e. The van der Waals surface area contributed by atoms with Crippen LogP contribution in [0.3, 0.4) is 0 Å². The number of hydrogen-bond donors (Lipinski definition) is 2. The Hall–Kier alpha value is -1.88. The number of nitrogens with two attached hydrogens (primary N) is 1. The van der Waals surface area contributed by atoms with E-state index in [1.165, 1.54) is 16.0 Å². The van der Waals surface area contributed by atoms with E-state index in [1.54, 1.807) is 0 Å². The van der Waals surface area contributed by atoms with Crippen molar-refractivity contribution in [3.8, 4) is 0 Å². The first-order valence-electron chi connectivity index (χ1n) is 9.02. The normalized spacial score (nSPS) is 26.5. The van der Waals surface area contributed by atoms with Gasteiger partial charge in [0.2, 0.25) is 5.91 Å². The van der Waals surface area contributed by atoms with Gasteiger partial charge in [-0.3, -0.25) is 9.59 Å². The number of hydrogen-bond acceptors (Lipinski definition) is 2. The number of likely N-dealkylation sites (N-methyl/N-ethyl adjacent to an activating group) is 1. The number of benzene rings is 1. The van der Waals surface area contributed by atoms with Crippen molar-refractivity contribution < 1.29 is 14.5 Å². The van der Waals surface area contributed by atoms with Gasteiger partial charge in [0, 0.05) is 25.8 Å². The summed E-state index contributed by atoms with van der Waals surface area (Å²) in [5, 5.41) is 0. The van der Waals surface area contributed by atoms with Crippen molar-refractivity contribution in [3.05, 3.63) is 35.4 Å². The molecule has 24 heavy (non-hydrogen) atoms. The van der Waals surface area contributed by atoms with E-state index >= 15 is 0 Å². The lowest BCUT2D eigenvalue weighted by atomic mass is 9.87. The number of quaternary nitrogens is 1. The fourth-order valence-electron chi connectivity index (χ4n) is 4.13. The summed E-state index contributed by atoms with van der Waals surface area (Å²) < 4.78 is 0. The molecule has 1 aliphatic carbocycles. The van der Waals surface area contributed by atoms with Crippen LogP contribution in [0.2, 0.25) is 0 Å². The second-order valence-electron chi connectivity index (χ2n) is 7.21. The van der Waals surface area contributed by atoms with Crippen LogP contribution in [0.25, 0.3) is 0 Å². The van der Waals surface area contributed by atoms with E-state index in [0.717, 1.165) is 45.2 Å². The molecule has 2 aliphatic rings. The Kier molecular flexibility index (Phi) is 5.19. The van der Waals surface area contributed by atoms with Crippen molar-refractivity contribution in [2.24, 2.45) is 11.7 Å². The molecule has 1 heterocycles. The summed E-state index contributed by atoms with van der Waals surface area (Å²) in [6, 6.07) is 8.68. The molecule has 5 heteroatoms. The zero-order valence-corrected chi connectivity index (χ0v) is 14.5. The molecule has 1 atom stereocenters. The van der Waals surface area contributed by atoms with Gasteiger partial charge >= 0.3 is 0 Å². The molecule has 1 aliphatic heterocycles. The van der Waals surface area contributed by atoms with Crippen molar-refractivity contribution in [2.45, 2.75) is 38.1 Å². The fraction of sp³-hybridized carbons (Fsp3) is 0.579. The molecule has 5 nitrogen and oxygen atoms in total. The fourth-order valence-corrected chi connectivity index (χ4v) is 4.13. The highest BCUT2D eigenvalue weighted by molar-refractivity contribution is 5.78. The summed E-state index contributed by atoms with van der Waals surface area (Å²) in [5.74, 6) is -0.00709. The van der Waals surface area contributed by atoms with Crippen LogP contribution in [0.5, 0.6) is 0 Å². The van der Waals surface area contributed by atoms with Crippen molar-refractivity contribution in [3.63, 3.8) is 0 Å². The Labute approximate surface area is 143 Å². The molecule has 1 saturated heterocycles. The molecule has 1 aromatic carbocycles. The van der Waals surface area contributed by atoms with Crippen LogP contribution in [-0.2, 0) is 16.0 Å². The molecule has 1 fully saturated rings. The molecule has 0 radical (unpaired) electrons. The largest absolute Gasteiger partial charge is 0.369 e. The Bertz CT molecular complexity index is 608. The molecule has 0 spiro atoms. The summed E-state index contributed by atoms with van der Waals surface area (Å²) in [4.78, 5) is 27.2. The first-order valence-corrected chi connectivity index (χ1v) is 9.02. The molecule has 0 saturated carbocycles. The maximum absolute atomic E-state index is 12.7. The van der Waals surface area contributed by atoms with Gasteiger partial charge in [0.1, 0.15) is 0 Å². The van der Waals surface area contributed by atoms with Crippen molar-refractivity contribution in [2.75, 3.05) is 26.7 Å². The summed E-state index contributed by atoms with van der Waals surface area (Å²) in [6.45, 7) is 2.23. The number of carbonyl (C=O) groups is 2. The lowest BCUT2D eigenvalue weighted by Gasteiger charge is -2.34. The third-order valence-corrected chi connectivity index (χ3v) is 5.69. The Morgan fingerprint density at radius 3 is 2.62 bits per heavy atom. The van der Waals surface area contributed by atoms with Gasteiger partial charge < -0.3 is 15.5 Å². The molecular formula is C19H28N3O2+. The summed E-state index contributed by atoms with van der Waals surface area (Å²) in [7, 11) is 1.94. The quantitative estimate of drug-likeness (QED) is 0.834. The Morgan fingerprint density at radius 2 is 1.92 bits per heavy atom. The molecule has 0 unspecified atom stereocenters. The van der Waals surface area contributed by atoms with E-state index in [9.17, 15) is 9.59 Å². The van der Waals surface area contributed by atoms with Crippen LogP contribution in [0, 0.1) is 5.92 Å². The van der Waals surface area contributed by atoms with E-state index in [1.807, 2.05) is 11.9 Å². The Balaban J connectivity index is 1.59. The zero-order chi connectivity index (χ0) is 17.1. The first-order chi connectivity index (χ1) is 11.6. The summed E-state index contributed by atoms with van der Waals surface area (Å²) in [5.41, 5.74) is 8.07. The molecule has 3 N–H and O–H groups in total. The van der Waals surface area contributed by atoms with Gasteiger partial charge in [0.15, 0.2) is 6.54 Å². The first kappa shape index (κ1) is 17.0. The lowest BCUT2D eigenvalue weighted by Crippen LogP contribution is -3.14. The van der Waals surface area contributed by atoms with Crippen LogP contribution in [0.1, 0.15) is 42.9 Å². The SMILES string of the molecule is CN(C(=O)C[NH+]1CCC(C(N)=O)CC1)[C@H]1CCCc2ccccc21. The second kappa shape index (κ2) is 7.34. The number of nitrogens with zero attached hydrogens (tertiary/aromatic N) is 1. The van der Waals surface area contributed by atoms with E-state index in [4.69, 9.17) is 5.73 Å². The topological polar surface area (TPSA) is 67.8 Å². The minimum atomic E-state index is -0.198. The van der Waals surface area contributed by atoms with Gasteiger partial charge in [0.25, 0.3) is 5.91 Å². The third kappa shape index (κ3) is 3.61. The summed E-state index contributed by atoms with van der Waals surface area (Å²) in [6.07, 6.45) is 4.89. The van der Waals surface area contributed by atoms with Crippen LogP contribution in [-0.4, -0.2) is 43.4 Å². The van der Waals surface area contributed by atoms with E-state index in [-0.39, 0.29) is 23.8 Å². The lowest BCUT2D eigenvalue weighted by molar-refractivity contribution is -0.898. The molecule has 130 valence electrons. The van der Waals surface area contributed by atoms with Crippen LogP contribution < -0.4 is 10.6 Å². The van der Waals surface area contributed by atoms with Crippen LogP contribution in [0.4, 0.5) is 0 Å². The Morgan fingerprint density at radius 1 is 1.21 bits per heavy atom. The highest BCUT2D eigenvalue weighted by Gasteiger charge is 2.31. The third-order valence-electron chi connectivity index (χ3n) is 5.69. The van der Waals surface area contributed by atoms with Gasteiger partial charge in [-0.05, 0) is 30.4 Å². The molecule has 0 bridgehead atoms. The highest BCUT2D eigenvalue weighted by atomic mass is 16.2. The minimum absolute atomic E-state index is 0.00759. The number of likely N-dealkylation sites (tertiary alicyclic amines) is 1. The van der Waals surface area contributed by atoms with Crippen LogP contribution in [0.15, 0.2) is 24.3 Å². The van der Waals surface area contributed by atoms with E-state index in [2.05, 4.69) is 24.3 Å². The molecular weight excluding hydrogens is 302 g/mol. The number of nitrogens with one attached hydrogen (secondary N) is 1. The van der Waals surface area contributed by atoms with Gasteiger partial charge in [-0.25, -0.2) is 0 Å². The van der Waals surface area contributed by atoms with Crippen molar-refractivity contribution in [1.82, 2.24) is 4.90 Å². The highest BCUT2D eigenvalue weighted by Crippen LogP contribution is 2.33. The number of amides is 2. The minimum Gasteiger partial charge on any atom is -0.369 e. The monoisotopic (exact) mass is 330 g/mol. The number of rotatable bonds is 4. The zero-order valence-electron chi connectivity index (χ0n) is 14.5. The predicted molar refractivity (Wildman–Crippen MR) is 92.4 cm³/mol. The van der Waals surface area contributed by atoms with Crippen molar-refractivity contribution in [1.29, 1.82) is 0 Å². The molecule has 2 amide bonds. The second-order valence-corrected chi connectivity index (χ2v) is 7.21. The maximum atomic E-state index is 12.7. The number of carbonyl (C=O) groups excluding carboxylic acids is 2. The average Bonchev–Trinajstić information content (AvgIpc) is 2.61. The van der Waals surface area contributed by atoms with Crippen LogP contribution >= 0.6 is 0 Å². The van der Waals surface area contributed by atoms with Gasteiger partial charge in [0.05, 0.1) is 19.1 Å². The molecule has 0 aromatic heterocycles. The van der Waals surface area contributed by atoms with Crippen molar-refractivity contribution >= 4 is 11.8 Å². The van der Waals surface area contributed by atoms with Gasteiger partial charge in [-0.1, -0.05) is 24.3 Å². The van der Waals surface area contributed by atoms with E-state index in [0.29, 0.717) is 6.54 Å². The summed E-state index contributed by atoms with van der Waals surface area (Å²) >= 11 is 0.